The molecule has 0 spiro atoms. The van der Waals surface area contributed by atoms with E-state index in [4.69, 9.17) is 4.74 Å². The van der Waals surface area contributed by atoms with Gasteiger partial charge < -0.3 is 9.53 Å². The van der Waals surface area contributed by atoms with Gasteiger partial charge in [-0.15, -0.1) is 0 Å². The zero-order valence-corrected chi connectivity index (χ0v) is 11.0. The lowest BCUT2D eigenvalue weighted by Gasteiger charge is -2.07. The molecule has 1 aliphatic heterocycles. The number of methoxy groups -OCH3 is 1. The van der Waals surface area contributed by atoms with Gasteiger partial charge in [-0.1, -0.05) is 11.8 Å². The van der Waals surface area contributed by atoms with Crippen LogP contribution in [0.4, 0.5) is 0 Å². The predicted octanol–water partition coefficient (Wildman–Crippen LogP) is 2.45. The second kappa shape index (κ2) is 4.92. The van der Waals surface area contributed by atoms with Gasteiger partial charge in [0.05, 0.1) is 23.4 Å². The van der Waals surface area contributed by atoms with Gasteiger partial charge in [0, 0.05) is 5.56 Å². The van der Waals surface area contributed by atoms with Crippen LogP contribution >= 0.6 is 11.8 Å². The Hall–Kier alpha value is -1.29. The van der Waals surface area contributed by atoms with Crippen molar-refractivity contribution >= 4 is 23.1 Å². The Bertz CT molecular complexity index is 470. The SMILES string of the molecule is COc1ccc(C2=NC(C)C(C=O)S2)c(C)c1. The Morgan fingerprint density at radius 3 is 2.76 bits per heavy atom. The first-order valence-corrected chi connectivity index (χ1v) is 6.38. The molecule has 0 radical (unpaired) electrons. The van der Waals surface area contributed by atoms with E-state index in [0.29, 0.717) is 0 Å². The maximum absolute atomic E-state index is 10.9. The van der Waals surface area contributed by atoms with Crippen molar-refractivity contribution in [2.24, 2.45) is 4.99 Å². The first-order chi connectivity index (χ1) is 8.15. The van der Waals surface area contributed by atoms with Gasteiger partial charge in [-0.25, -0.2) is 0 Å². The summed E-state index contributed by atoms with van der Waals surface area (Å²) >= 11 is 1.54. The van der Waals surface area contributed by atoms with E-state index in [1.807, 2.05) is 32.0 Å². The van der Waals surface area contributed by atoms with Crippen molar-refractivity contribution in [2.75, 3.05) is 7.11 Å². The monoisotopic (exact) mass is 249 g/mol. The fraction of sp³-hybridized carbons (Fsp3) is 0.385. The van der Waals surface area contributed by atoms with Crippen LogP contribution in [0.5, 0.6) is 5.75 Å². The second-order valence-electron chi connectivity index (χ2n) is 4.07. The lowest BCUT2D eigenvalue weighted by molar-refractivity contribution is -0.107. The minimum absolute atomic E-state index is 0.0495. The number of aryl methyl sites for hydroxylation is 1. The molecule has 0 aliphatic carbocycles. The molecule has 90 valence electrons. The number of hydrogen-bond donors (Lipinski definition) is 0. The van der Waals surface area contributed by atoms with Crippen LogP contribution in [-0.4, -0.2) is 29.7 Å². The van der Waals surface area contributed by atoms with E-state index in [2.05, 4.69) is 4.99 Å². The number of aldehydes is 1. The maximum Gasteiger partial charge on any atom is 0.135 e. The van der Waals surface area contributed by atoms with E-state index in [9.17, 15) is 4.79 Å². The normalized spacial score (nSPS) is 23.4. The predicted molar refractivity (Wildman–Crippen MR) is 71.2 cm³/mol. The largest absolute Gasteiger partial charge is 0.497 e. The molecular formula is C13H15NO2S. The Balaban J connectivity index is 2.30. The fourth-order valence-electron chi connectivity index (χ4n) is 1.79. The van der Waals surface area contributed by atoms with Crippen LogP contribution in [-0.2, 0) is 4.79 Å². The van der Waals surface area contributed by atoms with E-state index in [0.717, 1.165) is 28.2 Å². The minimum atomic E-state index is -0.0495. The molecule has 4 heteroatoms. The number of ether oxygens (including phenoxy) is 1. The van der Waals surface area contributed by atoms with E-state index >= 15 is 0 Å². The number of rotatable bonds is 3. The van der Waals surface area contributed by atoms with Gasteiger partial charge in [0.2, 0.25) is 0 Å². The number of nitrogens with zero attached hydrogens (tertiary/aromatic N) is 1. The Kier molecular flexibility index (Phi) is 3.52. The zero-order chi connectivity index (χ0) is 12.4. The fourth-order valence-corrected chi connectivity index (χ4v) is 2.95. The molecule has 2 unspecified atom stereocenters. The van der Waals surface area contributed by atoms with E-state index in [1.54, 1.807) is 18.9 Å². The van der Waals surface area contributed by atoms with Gasteiger partial charge >= 0.3 is 0 Å². The van der Waals surface area contributed by atoms with Crippen molar-refractivity contribution in [1.29, 1.82) is 0 Å². The van der Waals surface area contributed by atoms with Gasteiger partial charge in [0.25, 0.3) is 0 Å². The van der Waals surface area contributed by atoms with Crippen LogP contribution in [0.3, 0.4) is 0 Å². The highest BCUT2D eigenvalue weighted by Crippen LogP contribution is 2.31. The smallest absolute Gasteiger partial charge is 0.135 e. The summed E-state index contributed by atoms with van der Waals surface area (Å²) in [5.74, 6) is 0.842. The Morgan fingerprint density at radius 1 is 1.47 bits per heavy atom. The zero-order valence-electron chi connectivity index (χ0n) is 10.1. The maximum atomic E-state index is 10.9. The summed E-state index contributed by atoms with van der Waals surface area (Å²) in [7, 11) is 1.65. The lowest BCUT2D eigenvalue weighted by atomic mass is 10.1. The van der Waals surface area contributed by atoms with Crippen LogP contribution in [0.2, 0.25) is 0 Å². The molecule has 0 fully saturated rings. The summed E-state index contributed by atoms with van der Waals surface area (Å²) in [5.41, 5.74) is 2.21. The van der Waals surface area contributed by atoms with Gasteiger partial charge in [-0.3, -0.25) is 4.99 Å². The van der Waals surface area contributed by atoms with Crippen LogP contribution in [0.1, 0.15) is 18.1 Å². The van der Waals surface area contributed by atoms with E-state index in [-0.39, 0.29) is 11.3 Å². The summed E-state index contributed by atoms with van der Waals surface area (Å²) in [4.78, 5) is 15.4. The molecule has 0 aromatic heterocycles. The van der Waals surface area contributed by atoms with Crippen molar-refractivity contribution in [3.05, 3.63) is 29.3 Å². The highest BCUT2D eigenvalue weighted by molar-refractivity contribution is 8.15. The first-order valence-electron chi connectivity index (χ1n) is 5.50. The van der Waals surface area contributed by atoms with Crippen LogP contribution in [0.15, 0.2) is 23.2 Å². The standard InChI is InChI=1S/C13H15NO2S/c1-8-6-10(16-3)4-5-11(8)13-14-9(2)12(7-15)17-13/h4-7,9,12H,1-3H3. The molecule has 1 aromatic rings. The van der Waals surface area contributed by atoms with Crippen molar-refractivity contribution in [2.45, 2.75) is 25.1 Å². The molecule has 1 aromatic carbocycles. The molecule has 17 heavy (non-hydrogen) atoms. The molecule has 0 amide bonds. The molecule has 2 rings (SSSR count). The van der Waals surface area contributed by atoms with Crippen LogP contribution < -0.4 is 4.74 Å². The molecular weight excluding hydrogens is 234 g/mol. The Labute approximate surface area is 105 Å². The summed E-state index contributed by atoms with van der Waals surface area (Å²) in [6, 6.07) is 5.97. The highest BCUT2D eigenvalue weighted by atomic mass is 32.2. The minimum Gasteiger partial charge on any atom is -0.497 e. The van der Waals surface area contributed by atoms with Crippen molar-refractivity contribution in [1.82, 2.24) is 0 Å². The van der Waals surface area contributed by atoms with Crippen LogP contribution in [0.25, 0.3) is 0 Å². The molecule has 3 nitrogen and oxygen atoms in total. The Morgan fingerprint density at radius 2 is 2.24 bits per heavy atom. The summed E-state index contributed by atoms with van der Waals surface area (Å²) in [6.07, 6.45) is 0.977. The van der Waals surface area contributed by atoms with Crippen molar-refractivity contribution in [3.63, 3.8) is 0 Å². The molecule has 2 atom stereocenters. The molecule has 0 saturated carbocycles. The number of carbonyl (C=O) groups is 1. The number of hydrogen-bond acceptors (Lipinski definition) is 4. The molecule has 1 aliphatic rings. The van der Waals surface area contributed by atoms with Gasteiger partial charge in [-0.05, 0) is 37.6 Å². The topological polar surface area (TPSA) is 38.7 Å². The lowest BCUT2D eigenvalue weighted by Crippen LogP contribution is -2.14. The van der Waals surface area contributed by atoms with Crippen LogP contribution in [0, 0.1) is 6.92 Å². The number of carbonyl (C=O) groups excluding carboxylic acids is 1. The third-order valence-corrected chi connectivity index (χ3v) is 4.17. The highest BCUT2D eigenvalue weighted by Gasteiger charge is 2.27. The summed E-state index contributed by atoms with van der Waals surface area (Å²) in [6.45, 7) is 4.00. The van der Waals surface area contributed by atoms with Gasteiger partial charge in [-0.2, -0.15) is 0 Å². The average Bonchev–Trinajstić information content (AvgIpc) is 2.70. The van der Waals surface area contributed by atoms with E-state index < -0.39 is 0 Å². The summed E-state index contributed by atoms with van der Waals surface area (Å²) in [5, 5.41) is 0.904. The number of thioether (sulfide) groups is 1. The third-order valence-electron chi connectivity index (χ3n) is 2.84. The quantitative estimate of drug-likeness (QED) is 0.772. The van der Waals surface area contributed by atoms with Crippen molar-refractivity contribution in [3.8, 4) is 5.75 Å². The average molecular weight is 249 g/mol. The van der Waals surface area contributed by atoms with Crippen molar-refractivity contribution < 1.29 is 9.53 Å². The van der Waals surface area contributed by atoms with Gasteiger partial charge in [0.1, 0.15) is 12.0 Å². The summed E-state index contributed by atoms with van der Waals surface area (Å²) < 4.78 is 5.17. The van der Waals surface area contributed by atoms with Gasteiger partial charge in [0.15, 0.2) is 0 Å². The first kappa shape index (κ1) is 12.2. The second-order valence-corrected chi connectivity index (χ2v) is 5.24. The molecule has 1 heterocycles. The molecule has 0 saturated heterocycles. The third kappa shape index (κ3) is 2.36. The molecule has 0 N–H and O–H groups in total. The number of benzene rings is 1. The van der Waals surface area contributed by atoms with E-state index in [1.165, 1.54) is 0 Å². The molecule has 0 bridgehead atoms. The number of aliphatic imine (C=N–C) groups is 1.